The highest BCUT2D eigenvalue weighted by Gasteiger charge is 2.09. The molecule has 1 aromatic rings. The monoisotopic (exact) mass is 189 g/mol. The summed E-state index contributed by atoms with van der Waals surface area (Å²) in [7, 11) is 1.32. The molecule has 0 aliphatic rings. The minimum absolute atomic E-state index is 0.0244. The van der Waals surface area contributed by atoms with Gasteiger partial charge in [-0.2, -0.15) is 4.98 Å². The third kappa shape index (κ3) is 1.53. The van der Waals surface area contributed by atoms with Gasteiger partial charge in [0, 0.05) is 0 Å². The number of hydrogen-bond donors (Lipinski definition) is 0. The van der Waals surface area contributed by atoms with Crippen LogP contribution in [0.5, 0.6) is 5.88 Å². The van der Waals surface area contributed by atoms with Crippen LogP contribution >= 0.6 is 11.6 Å². The molecule has 0 aromatic carbocycles. The van der Waals surface area contributed by atoms with Crippen molar-refractivity contribution in [3.8, 4) is 5.88 Å². The molecule has 5 heteroatoms. The molecule has 0 radical (unpaired) electrons. The molecule has 1 aromatic heterocycles. The molecule has 0 atom stereocenters. The first kappa shape index (κ1) is 8.93. The Morgan fingerprint density at radius 1 is 1.75 bits per heavy atom. The fourth-order valence-corrected chi connectivity index (χ4v) is 0.844. The average Bonchev–Trinajstić information content (AvgIpc) is 2.09. The molecule has 3 nitrogen and oxygen atoms in total. The zero-order chi connectivity index (χ0) is 9.14. The quantitative estimate of drug-likeness (QED) is 0.525. The number of pyridine rings is 1. The van der Waals surface area contributed by atoms with Gasteiger partial charge in [0.05, 0.1) is 12.7 Å². The van der Waals surface area contributed by atoms with Crippen LogP contribution in [0.2, 0.25) is 5.15 Å². The smallest absolute Gasteiger partial charge is 0.225 e. The standard InChI is InChI=1S/C7H5ClFNO2/c1-12-7-4(3-11)2-5(9)6(8)10-7/h2-3H,1H3. The molecule has 1 heterocycles. The van der Waals surface area contributed by atoms with E-state index >= 15 is 0 Å². The molecule has 64 valence electrons. The number of aromatic nitrogens is 1. The van der Waals surface area contributed by atoms with Crippen molar-refractivity contribution < 1.29 is 13.9 Å². The SMILES string of the molecule is COc1nc(Cl)c(F)cc1C=O. The predicted octanol–water partition coefficient (Wildman–Crippen LogP) is 1.70. The van der Waals surface area contributed by atoms with E-state index in [1.54, 1.807) is 0 Å². The Morgan fingerprint density at radius 3 is 2.92 bits per heavy atom. The van der Waals surface area contributed by atoms with Crippen LogP contribution in [-0.2, 0) is 0 Å². The van der Waals surface area contributed by atoms with Gasteiger partial charge < -0.3 is 4.74 Å². The van der Waals surface area contributed by atoms with E-state index in [0.29, 0.717) is 6.29 Å². The molecule has 0 saturated heterocycles. The van der Waals surface area contributed by atoms with Gasteiger partial charge in [-0.1, -0.05) is 11.6 Å². The van der Waals surface area contributed by atoms with Gasteiger partial charge in [0.15, 0.2) is 17.3 Å². The fraction of sp³-hybridized carbons (Fsp3) is 0.143. The van der Waals surface area contributed by atoms with Crippen LogP contribution in [0.3, 0.4) is 0 Å². The summed E-state index contributed by atoms with van der Waals surface area (Å²) in [6, 6.07) is 0.973. The van der Waals surface area contributed by atoms with E-state index in [4.69, 9.17) is 11.6 Å². The number of hydrogen-bond acceptors (Lipinski definition) is 3. The topological polar surface area (TPSA) is 39.2 Å². The largest absolute Gasteiger partial charge is 0.480 e. The third-order valence-corrected chi connectivity index (χ3v) is 1.51. The highest BCUT2D eigenvalue weighted by atomic mass is 35.5. The molecular formula is C7H5ClFNO2. The van der Waals surface area contributed by atoms with E-state index in [2.05, 4.69) is 9.72 Å². The molecule has 12 heavy (non-hydrogen) atoms. The molecule has 0 amide bonds. The van der Waals surface area contributed by atoms with E-state index in [-0.39, 0.29) is 16.6 Å². The van der Waals surface area contributed by atoms with Crippen LogP contribution in [-0.4, -0.2) is 18.4 Å². The third-order valence-electron chi connectivity index (χ3n) is 1.25. The molecule has 0 saturated carbocycles. The predicted molar refractivity (Wildman–Crippen MR) is 41.1 cm³/mol. The first-order valence-electron chi connectivity index (χ1n) is 3.04. The number of methoxy groups -OCH3 is 1. The van der Waals surface area contributed by atoms with E-state index in [1.165, 1.54) is 7.11 Å². The molecule has 0 fully saturated rings. The van der Waals surface area contributed by atoms with Crippen LogP contribution < -0.4 is 4.74 Å². The number of nitrogens with zero attached hydrogens (tertiary/aromatic N) is 1. The number of halogens is 2. The number of carbonyl (C=O) groups excluding carboxylic acids is 1. The van der Waals surface area contributed by atoms with E-state index < -0.39 is 5.82 Å². The summed E-state index contributed by atoms with van der Waals surface area (Å²) in [4.78, 5) is 13.8. The maximum Gasteiger partial charge on any atom is 0.225 e. The lowest BCUT2D eigenvalue weighted by molar-refractivity contribution is 0.111. The normalized spacial score (nSPS) is 9.58. The van der Waals surface area contributed by atoms with Crippen molar-refractivity contribution in [2.24, 2.45) is 0 Å². The molecule has 0 aliphatic heterocycles. The Balaban J connectivity index is 3.28. The van der Waals surface area contributed by atoms with Crippen molar-refractivity contribution in [2.45, 2.75) is 0 Å². The molecule has 0 bridgehead atoms. The molecule has 0 N–H and O–H groups in total. The average molecular weight is 190 g/mol. The fourth-order valence-electron chi connectivity index (χ4n) is 0.713. The summed E-state index contributed by atoms with van der Waals surface area (Å²) in [5, 5.41) is -0.308. The van der Waals surface area contributed by atoms with Gasteiger partial charge in [-0.3, -0.25) is 4.79 Å². The van der Waals surface area contributed by atoms with Gasteiger partial charge in [0.2, 0.25) is 5.88 Å². The minimum atomic E-state index is -0.737. The maximum atomic E-state index is 12.7. The van der Waals surface area contributed by atoms with Gasteiger partial charge in [-0.25, -0.2) is 4.39 Å². The van der Waals surface area contributed by atoms with E-state index in [0.717, 1.165) is 6.07 Å². The Bertz CT molecular complexity index is 317. The van der Waals surface area contributed by atoms with Gasteiger partial charge in [-0.05, 0) is 6.07 Å². The number of rotatable bonds is 2. The highest BCUT2D eigenvalue weighted by molar-refractivity contribution is 6.29. The summed E-state index contributed by atoms with van der Waals surface area (Å²) in [5.41, 5.74) is 0.0411. The summed E-state index contributed by atoms with van der Waals surface area (Å²) in [6.07, 6.45) is 0.450. The number of aldehydes is 1. The first-order valence-corrected chi connectivity index (χ1v) is 3.42. The van der Waals surface area contributed by atoms with Crippen LogP contribution in [0.15, 0.2) is 6.07 Å². The molecule has 0 spiro atoms. The van der Waals surface area contributed by atoms with Crippen molar-refractivity contribution in [1.29, 1.82) is 0 Å². The number of ether oxygens (including phenoxy) is 1. The van der Waals surface area contributed by atoms with Crippen LogP contribution in [0, 0.1) is 5.82 Å². The summed E-state index contributed by atoms with van der Waals surface area (Å²) in [6.45, 7) is 0. The number of carbonyl (C=O) groups is 1. The molecule has 0 aliphatic carbocycles. The van der Waals surface area contributed by atoms with E-state index in [9.17, 15) is 9.18 Å². The van der Waals surface area contributed by atoms with Crippen molar-refractivity contribution in [1.82, 2.24) is 4.98 Å². The zero-order valence-electron chi connectivity index (χ0n) is 6.17. The van der Waals surface area contributed by atoms with Gasteiger partial charge in [0.25, 0.3) is 0 Å². The van der Waals surface area contributed by atoms with Crippen molar-refractivity contribution in [2.75, 3.05) is 7.11 Å². The minimum Gasteiger partial charge on any atom is -0.480 e. The summed E-state index contributed by atoms with van der Waals surface area (Å²) < 4.78 is 17.4. The second-order valence-corrected chi connectivity index (χ2v) is 2.34. The summed E-state index contributed by atoms with van der Waals surface area (Å²) in [5.74, 6) is -0.712. The van der Waals surface area contributed by atoms with Crippen molar-refractivity contribution in [3.63, 3.8) is 0 Å². The van der Waals surface area contributed by atoms with Crippen LogP contribution in [0.4, 0.5) is 4.39 Å². The lowest BCUT2D eigenvalue weighted by Gasteiger charge is -2.02. The Kier molecular flexibility index (Phi) is 2.60. The molecule has 1 rings (SSSR count). The van der Waals surface area contributed by atoms with Gasteiger partial charge in [-0.15, -0.1) is 0 Å². The molecular weight excluding hydrogens is 185 g/mol. The Morgan fingerprint density at radius 2 is 2.42 bits per heavy atom. The highest BCUT2D eigenvalue weighted by Crippen LogP contribution is 2.19. The Labute approximate surface area is 73.1 Å². The van der Waals surface area contributed by atoms with E-state index in [1.807, 2.05) is 0 Å². The van der Waals surface area contributed by atoms with Crippen molar-refractivity contribution >= 4 is 17.9 Å². The second kappa shape index (κ2) is 3.49. The lowest BCUT2D eigenvalue weighted by atomic mass is 10.3. The second-order valence-electron chi connectivity index (χ2n) is 1.98. The van der Waals surface area contributed by atoms with Gasteiger partial charge >= 0.3 is 0 Å². The summed E-state index contributed by atoms with van der Waals surface area (Å²) >= 11 is 5.34. The zero-order valence-corrected chi connectivity index (χ0v) is 6.93. The maximum absolute atomic E-state index is 12.7. The van der Waals surface area contributed by atoms with Gasteiger partial charge in [0.1, 0.15) is 0 Å². The van der Waals surface area contributed by atoms with Crippen LogP contribution in [0.25, 0.3) is 0 Å². The lowest BCUT2D eigenvalue weighted by Crippen LogP contribution is -1.96. The Hall–Kier alpha value is -1.16. The van der Waals surface area contributed by atoms with Crippen LogP contribution in [0.1, 0.15) is 10.4 Å². The molecule has 0 unspecified atom stereocenters. The first-order chi connectivity index (χ1) is 5.69. The van der Waals surface area contributed by atoms with Crippen molar-refractivity contribution in [3.05, 3.63) is 22.6 Å².